The van der Waals surface area contributed by atoms with Crippen LogP contribution in [0, 0.1) is 6.92 Å². The fourth-order valence-corrected chi connectivity index (χ4v) is 3.92. The summed E-state index contributed by atoms with van der Waals surface area (Å²) in [5.74, 6) is -0.962. The van der Waals surface area contributed by atoms with Gasteiger partial charge in [0.25, 0.3) is 0 Å². The molecule has 1 heterocycles. The van der Waals surface area contributed by atoms with Crippen LogP contribution >= 0.6 is 0 Å². The lowest BCUT2D eigenvalue weighted by Crippen LogP contribution is -2.19. The van der Waals surface area contributed by atoms with Crippen molar-refractivity contribution >= 4 is 22.4 Å². The molecule has 150 valence electrons. The number of ether oxygens (including phenoxy) is 1. The monoisotopic (exact) mass is 383 g/mol. The number of benzene rings is 1. The summed E-state index contributed by atoms with van der Waals surface area (Å²) in [5, 5.41) is 20.3. The second kappa shape index (κ2) is 9.30. The summed E-state index contributed by atoms with van der Waals surface area (Å²) in [4.78, 5) is 16.7. The van der Waals surface area contributed by atoms with Gasteiger partial charge in [0.1, 0.15) is 0 Å². The van der Waals surface area contributed by atoms with Crippen molar-refractivity contribution < 1.29 is 19.7 Å². The summed E-state index contributed by atoms with van der Waals surface area (Å²) in [7, 11) is 0. The van der Waals surface area contributed by atoms with Crippen LogP contribution in [0.5, 0.6) is 0 Å². The standard InChI is InChI=1S/C23H29NO4/c1-3-4-12-28-22(23(26)27)20-15(2)13-19-18(11-10-17(14-25)24-19)21(20)16-8-6-5-7-9-16/h8,10-11,13,22,25H,3-7,9,12,14H2,1-2H3,(H,26,27). The van der Waals surface area contributed by atoms with E-state index >= 15 is 0 Å². The molecular weight excluding hydrogens is 354 g/mol. The van der Waals surface area contributed by atoms with Crippen molar-refractivity contribution in [2.24, 2.45) is 0 Å². The zero-order valence-corrected chi connectivity index (χ0v) is 16.7. The van der Waals surface area contributed by atoms with Gasteiger partial charge in [-0.3, -0.25) is 4.98 Å². The van der Waals surface area contributed by atoms with Crippen molar-refractivity contribution in [2.45, 2.75) is 65.1 Å². The van der Waals surface area contributed by atoms with E-state index in [9.17, 15) is 15.0 Å². The van der Waals surface area contributed by atoms with E-state index in [0.29, 0.717) is 12.3 Å². The Labute approximate surface area is 166 Å². The van der Waals surface area contributed by atoms with Crippen LogP contribution in [0.1, 0.15) is 73.9 Å². The average Bonchev–Trinajstić information content (AvgIpc) is 2.70. The summed E-state index contributed by atoms with van der Waals surface area (Å²) >= 11 is 0. The maximum Gasteiger partial charge on any atom is 0.337 e. The smallest absolute Gasteiger partial charge is 0.337 e. The molecule has 1 aliphatic rings. The SMILES string of the molecule is CCCCOC(C(=O)O)c1c(C)cc2nc(CO)ccc2c1C1=CCCCC1. The molecule has 2 N–H and O–H groups in total. The number of aryl methyl sites for hydroxylation is 1. The number of allylic oxidation sites excluding steroid dienone is 2. The van der Waals surface area contributed by atoms with Crippen LogP contribution in [0.25, 0.3) is 16.5 Å². The first-order valence-corrected chi connectivity index (χ1v) is 10.1. The second-order valence-corrected chi connectivity index (χ2v) is 7.43. The Bertz CT molecular complexity index is 888. The maximum atomic E-state index is 12.1. The Morgan fingerprint density at radius 1 is 1.32 bits per heavy atom. The van der Waals surface area contributed by atoms with E-state index in [-0.39, 0.29) is 6.61 Å². The van der Waals surface area contributed by atoms with Crippen LogP contribution in [0.4, 0.5) is 0 Å². The number of aliphatic carboxylic acids is 1. The number of hydrogen-bond donors (Lipinski definition) is 2. The predicted molar refractivity (Wildman–Crippen MR) is 110 cm³/mol. The number of carboxylic acid groups (broad SMARTS) is 1. The van der Waals surface area contributed by atoms with Crippen LogP contribution in [0.15, 0.2) is 24.3 Å². The molecule has 3 rings (SSSR count). The third kappa shape index (κ3) is 4.26. The summed E-state index contributed by atoms with van der Waals surface area (Å²) in [6, 6.07) is 5.67. The van der Waals surface area contributed by atoms with Gasteiger partial charge in [0.15, 0.2) is 6.10 Å². The number of unbranched alkanes of at least 4 members (excludes halogenated alkanes) is 1. The molecule has 1 aromatic heterocycles. The van der Waals surface area contributed by atoms with Crippen molar-refractivity contribution in [2.75, 3.05) is 6.61 Å². The van der Waals surface area contributed by atoms with Crippen molar-refractivity contribution in [1.82, 2.24) is 4.98 Å². The molecule has 0 bridgehead atoms. The molecule has 5 heteroatoms. The van der Waals surface area contributed by atoms with E-state index in [0.717, 1.165) is 66.1 Å². The lowest BCUT2D eigenvalue weighted by molar-refractivity contribution is -0.151. The van der Waals surface area contributed by atoms with Crippen LogP contribution in [-0.4, -0.2) is 27.8 Å². The third-order valence-electron chi connectivity index (χ3n) is 5.34. The van der Waals surface area contributed by atoms with Crippen LogP contribution in [-0.2, 0) is 16.1 Å². The van der Waals surface area contributed by atoms with E-state index in [1.54, 1.807) is 0 Å². The molecular formula is C23H29NO4. The highest BCUT2D eigenvalue weighted by Gasteiger charge is 2.28. The van der Waals surface area contributed by atoms with Crippen molar-refractivity contribution in [3.63, 3.8) is 0 Å². The van der Waals surface area contributed by atoms with E-state index in [4.69, 9.17) is 4.74 Å². The molecule has 0 radical (unpaired) electrons. The minimum absolute atomic E-state index is 0.118. The molecule has 0 aliphatic heterocycles. The number of aliphatic hydroxyl groups is 1. The highest BCUT2D eigenvalue weighted by Crippen LogP contribution is 2.39. The number of carbonyl (C=O) groups is 1. The maximum absolute atomic E-state index is 12.1. The Morgan fingerprint density at radius 3 is 2.79 bits per heavy atom. The van der Waals surface area contributed by atoms with Crippen molar-refractivity contribution in [3.8, 4) is 0 Å². The Balaban J connectivity index is 2.23. The molecule has 0 saturated carbocycles. The van der Waals surface area contributed by atoms with E-state index in [1.165, 1.54) is 5.57 Å². The molecule has 0 saturated heterocycles. The van der Waals surface area contributed by atoms with Gasteiger partial charge in [-0.1, -0.05) is 25.5 Å². The number of pyridine rings is 1. The number of aliphatic hydroxyl groups excluding tert-OH is 1. The lowest BCUT2D eigenvalue weighted by Gasteiger charge is -2.25. The van der Waals surface area contributed by atoms with Gasteiger partial charge in [-0.25, -0.2) is 4.79 Å². The third-order valence-corrected chi connectivity index (χ3v) is 5.34. The van der Waals surface area contributed by atoms with Crippen molar-refractivity contribution in [1.29, 1.82) is 0 Å². The number of nitrogens with zero attached hydrogens (tertiary/aromatic N) is 1. The quantitative estimate of drug-likeness (QED) is 0.632. The predicted octanol–water partition coefficient (Wildman–Crippen LogP) is 4.94. The van der Waals surface area contributed by atoms with Crippen LogP contribution in [0.2, 0.25) is 0 Å². The Morgan fingerprint density at radius 2 is 2.14 bits per heavy atom. The summed E-state index contributed by atoms with van der Waals surface area (Å²) in [6.45, 7) is 4.29. The number of aromatic nitrogens is 1. The van der Waals surface area contributed by atoms with Gasteiger partial charge in [0.05, 0.1) is 17.8 Å². The van der Waals surface area contributed by atoms with Gasteiger partial charge < -0.3 is 14.9 Å². The average molecular weight is 383 g/mol. The van der Waals surface area contributed by atoms with E-state index in [1.807, 2.05) is 25.1 Å². The van der Waals surface area contributed by atoms with Crippen LogP contribution < -0.4 is 0 Å². The first-order valence-electron chi connectivity index (χ1n) is 10.1. The molecule has 1 atom stereocenters. The molecule has 0 amide bonds. The molecule has 5 nitrogen and oxygen atoms in total. The molecule has 1 aromatic carbocycles. The van der Waals surface area contributed by atoms with Gasteiger partial charge in [-0.05, 0) is 67.9 Å². The van der Waals surface area contributed by atoms with Gasteiger partial charge >= 0.3 is 5.97 Å². The minimum atomic E-state index is -0.994. The number of carboxylic acids is 1. The number of rotatable bonds is 8. The Hall–Kier alpha value is -2.24. The van der Waals surface area contributed by atoms with Crippen LogP contribution in [0.3, 0.4) is 0 Å². The lowest BCUT2D eigenvalue weighted by atomic mass is 9.84. The topological polar surface area (TPSA) is 79.7 Å². The second-order valence-electron chi connectivity index (χ2n) is 7.43. The van der Waals surface area contributed by atoms with E-state index < -0.39 is 12.1 Å². The molecule has 0 spiro atoms. The minimum Gasteiger partial charge on any atom is -0.479 e. The molecule has 28 heavy (non-hydrogen) atoms. The fourth-order valence-electron chi connectivity index (χ4n) is 3.92. The number of hydrogen-bond acceptors (Lipinski definition) is 4. The highest BCUT2D eigenvalue weighted by atomic mass is 16.5. The zero-order valence-electron chi connectivity index (χ0n) is 16.7. The van der Waals surface area contributed by atoms with Gasteiger partial charge in [-0.2, -0.15) is 0 Å². The molecule has 1 unspecified atom stereocenters. The summed E-state index contributed by atoms with van der Waals surface area (Å²) < 4.78 is 5.85. The fraction of sp³-hybridized carbons (Fsp3) is 0.478. The molecule has 2 aromatic rings. The van der Waals surface area contributed by atoms with Crippen molar-refractivity contribution in [3.05, 3.63) is 46.7 Å². The van der Waals surface area contributed by atoms with Gasteiger partial charge in [-0.15, -0.1) is 0 Å². The largest absolute Gasteiger partial charge is 0.479 e. The molecule has 1 aliphatic carbocycles. The highest BCUT2D eigenvalue weighted by molar-refractivity contribution is 5.96. The summed E-state index contributed by atoms with van der Waals surface area (Å²) in [6.07, 6.45) is 7.19. The number of fused-ring (bicyclic) bond motifs is 1. The zero-order chi connectivity index (χ0) is 20.1. The first-order chi connectivity index (χ1) is 13.6. The van der Waals surface area contributed by atoms with Gasteiger partial charge in [0, 0.05) is 17.6 Å². The van der Waals surface area contributed by atoms with Gasteiger partial charge in [0.2, 0.25) is 0 Å². The van der Waals surface area contributed by atoms with E-state index in [2.05, 4.69) is 18.0 Å². The normalized spacial score (nSPS) is 15.5. The molecule has 0 fully saturated rings. The first kappa shape index (κ1) is 20.5. The summed E-state index contributed by atoms with van der Waals surface area (Å²) in [5.41, 5.74) is 5.13. The Kier molecular flexibility index (Phi) is 6.81.